The molecule has 8 heteroatoms. The standard InChI is InChI=1S/C31H21I2N3O3/c32-28-15-22(16-29(33)30(28)39-20-24-9-5-4-8-23(24)17-34)14-25(18-35)31(37)36-26-10-12-27(13-11-26)38-19-21-6-2-1-3-7-21/h1-16H,19-20H2,(H,36,37)/b25-14+. The summed E-state index contributed by atoms with van der Waals surface area (Å²) in [6, 6.07) is 32.0. The number of nitrogens with one attached hydrogen (secondary N) is 1. The van der Waals surface area contributed by atoms with Gasteiger partial charge in [0.1, 0.15) is 36.4 Å². The second-order valence-electron chi connectivity index (χ2n) is 8.29. The number of hydrogen-bond acceptors (Lipinski definition) is 5. The molecular weight excluding hydrogens is 716 g/mol. The highest BCUT2D eigenvalue weighted by atomic mass is 127. The number of nitriles is 2. The van der Waals surface area contributed by atoms with E-state index in [2.05, 4.69) is 56.6 Å². The van der Waals surface area contributed by atoms with Crippen LogP contribution >= 0.6 is 45.2 Å². The predicted molar refractivity (Wildman–Crippen MR) is 167 cm³/mol. The minimum atomic E-state index is -0.506. The molecule has 0 unspecified atom stereocenters. The molecular formula is C31H21I2N3O3. The van der Waals surface area contributed by atoms with Crippen molar-refractivity contribution >= 4 is 62.9 Å². The molecule has 1 amide bonds. The van der Waals surface area contributed by atoms with Gasteiger partial charge in [0.2, 0.25) is 0 Å². The minimum absolute atomic E-state index is 0.0254. The Morgan fingerprint density at radius 2 is 1.51 bits per heavy atom. The Hall–Kier alpha value is -3.87. The first-order valence-corrected chi connectivity index (χ1v) is 13.9. The smallest absolute Gasteiger partial charge is 0.266 e. The van der Waals surface area contributed by atoms with Crippen LogP contribution in [0.3, 0.4) is 0 Å². The molecule has 6 nitrogen and oxygen atoms in total. The van der Waals surface area contributed by atoms with Gasteiger partial charge in [0.05, 0.1) is 18.8 Å². The van der Waals surface area contributed by atoms with Crippen molar-refractivity contribution in [2.24, 2.45) is 0 Å². The zero-order valence-electron chi connectivity index (χ0n) is 20.5. The first-order valence-electron chi connectivity index (χ1n) is 11.8. The molecule has 0 aliphatic heterocycles. The van der Waals surface area contributed by atoms with Crippen LogP contribution in [0.2, 0.25) is 0 Å². The SMILES string of the molecule is N#C/C(=C\c1cc(I)c(OCc2ccccc2C#N)c(I)c1)C(=O)Nc1ccc(OCc2ccccc2)cc1. The molecule has 0 radical (unpaired) electrons. The lowest BCUT2D eigenvalue weighted by Gasteiger charge is -2.12. The largest absolute Gasteiger partial charge is 0.489 e. The van der Waals surface area contributed by atoms with Crippen molar-refractivity contribution in [1.29, 1.82) is 10.5 Å². The number of rotatable bonds is 9. The van der Waals surface area contributed by atoms with Crippen LogP contribution in [0.25, 0.3) is 6.08 Å². The molecule has 0 spiro atoms. The maximum atomic E-state index is 12.8. The van der Waals surface area contributed by atoms with E-state index in [9.17, 15) is 15.3 Å². The number of nitrogens with zero attached hydrogens (tertiary/aromatic N) is 2. The molecule has 0 aliphatic rings. The summed E-state index contributed by atoms with van der Waals surface area (Å²) in [5.74, 6) is 0.850. The maximum Gasteiger partial charge on any atom is 0.266 e. The Morgan fingerprint density at radius 1 is 0.846 bits per heavy atom. The van der Waals surface area contributed by atoms with Crippen LogP contribution < -0.4 is 14.8 Å². The van der Waals surface area contributed by atoms with Gasteiger partial charge in [-0.25, -0.2) is 0 Å². The number of halogens is 2. The van der Waals surface area contributed by atoms with Crippen LogP contribution in [0.1, 0.15) is 22.3 Å². The van der Waals surface area contributed by atoms with Crippen LogP contribution in [0, 0.1) is 29.8 Å². The molecule has 0 aromatic heterocycles. The van der Waals surface area contributed by atoms with Crippen LogP contribution in [0.4, 0.5) is 5.69 Å². The van der Waals surface area contributed by atoms with Gasteiger partial charge < -0.3 is 14.8 Å². The van der Waals surface area contributed by atoms with Crippen molar-refractivity contribution in [3.63, 3.8) is 0 Å². The van der Waals surface area contributed by atoms with Gasteiger partial charge in [-0.05, 0) is 105 Å². The Labute approximate surface area is 254 Å². The first kappa shape index (κ1) is 28.1. The topological polar surface area (TPSA) is 95.1 Å². The van der Waals surface area contributed by atoms with Crippen LogP contribution in [-0.2, 0) is 18.0 Å². The summed E-state index contributed by atoms with van der Waals surface area (Å²) in [7, 11) is 0. The highest BCUT2D eigenvalue weighted by molar-refractivity contribution is 14.1. The molecule has 0 saturated carbocycles. The van der Waals surface area contributed by atoms with E-state index < -0.39 is 5.91 Å². The van der Waals surface area contributed by atoms with Crippen LogP contribution in [0.5, 0.6) is 11.5 Å². The Balaban J connectivity index is 1.41. The first-order chi connectivity index (χ1) is 19.0. The monoisotopic (exact) mass is 737 g/mol. The molecule has 0 saturated heterocycles. The van der Waals surface area contributed by atoms with Gasteiger partial charge >= 0.3 is 0 Å². The van der Waals surface area contributed by atoms with Gasteiger partial charge in [0.25, 0.3) is 5.91 Å². The van der Waals surface area contributed by atoms with Gasteiger partial charge in [-0.1, -0.05) is 48.5 Å². The van der Waals surface area contributed by atoms with Crippen molar-refractivity contribution in [1.82, 2.24) is 0 Å². The van der Waals surface area contributed by atoms with E-state index in [1.807, 2.05) is 66.7 Å². The van der Waals surface area contributed by atoms with Crippen molar-refractivity contribution in [3.8, 4) is 23.6 Å². The number of ether oxygens (including phenoxy) is 2. The Morgan fingerprint density at radius 3 is 2.18 bits per heavy atom. The number of carbonyl (C=O) groups excluding carboxylic acids is 1. The van der Waals surface area contributed by atoms with Crippen LogP contribution in [-0.4, -0.2) is 5.91 Å². The molecule has 192 valence electrons. The maximum absolute atomic E-state index is 12.8. The quantitative estimate of drug-likeness (QED) is 0.109. The lowest BCUT2D eigenvalue weighted by atomic mass is 10.1. The van der Waals surface area contributed by atoms with Crippen molar-refractivity contribution in [2.75, 3.05) is 5.32 Å². The average Bonchev–Trinajstić information content (AvgIpc) is 2.95. The average molecular weight is 737 g/mol. The number of carbonyl (C=O) groups is 1. The number of hydrogen-bond donors (Lipinski definition) is 1. The fourth-order valence-corrected chi connectivity index (χ4v) is 5.72. The summed E-state index contributed by atoms with van der Waals surface area (Å²) >= 11 is 4.32. The molecule has 0 bridgehead atoms. The summed E-state index contributed by atoms with van der Waals surface area (Å²) in [6.07, 6.45) is 1.55. The fraction of sp³-hybridized carbons (Fsp3) is 0.0645. The van der Waals surface area contributed by atoms with E-state index in [0.717, 1.165) is 18.3 Å². The highest BCUT2D eigenvalue weighted by Gasteiger charge is 2.13. The summed E-state index contributed by atoms with van der Waals surface area (Å²) in [4.78, 5) is 12.8. The van der Waals surface area contributed by atoms with E-state index in [4.69, 9.17) is 9.47 Å². The Kier molecular flexibility index (Phi) is 9.95. The normalized spacial score (nSPS) is 10.7. The zero-order chi connectivity index (χ0) is 27.6. The van der Waals surface area contributed by atoms with Gasteiger partial charge in [0.15, 0.2) is 0 Å². The van der Waals surface area contributed by atoms with E-state index in [0.29, 0.717) is 34.9 Å². The summed E-state index contributed by atoms with van der Waals surface area (Å²) in [5, 5.41) is 21.7. The van der Waals surface area contributed by atoms with Gasteiger partial charge in [-0.3, -0.25) is 4.79 Å². The van der Waals surface area contributed by atoms with Crippen molar-refractivity contribution < 1.29 is 14.3 Å². The van der Waals surface area contributed by atoms with Crippen LogP contribution in [0.15, 0.2) is 96.6 Å². The number of anilines is 1. The molecule has 0 aliphatic carbocycles. The molecule has 0 atom stereocenters. The third kappa shape index (κ3) is 7.82. The molecule has 4 aromatic carbocycles. The number of benzene rings is 4. The molecule has 4 aromatic rings. The van der Waals surface area contributed by atoms with Crippen molar-refractivity contribution in [3.05, 3.63) is 126 Å². The highest BCUT2D eigenvalue weighted by Crippen LogP contribution is 2.31. The summed E-state index contributed by atoms with van der Waals surface area (Å²) in [5.41, 5.74) is 3.66. The van der Waals surface area contributed by atoms with Gasteiger partial charge in [-0.15, -0.1) is 0 Å². The molecule has 0 fully saturated rings. The molecule has 1 N–H and O–H groups in total. The predicted octanol–water partition coefficient (Wildman–Crippen LogP) is 7.47. The lowest BCUT2D eigenvalue weighted by molar-refractivity contribution is -0.112. The zero-order valence-corrected chi connectivity index (χ0v) is 24.8. The minimum Gasteiger partial charge on any atom is -0.489 e. The number of amides is 1. The lowest BCUT2D eigenvalue weighted by Crippen LogP contribution is -2.13. The van der Waals surface area contributed by atoms with Gasteiger partial charge in [-0.2, -0.15) is 10.5 Å². The van der Waals surface area contributed by atoms with E-state index in [1.165, 1.54) is 0 Å². The van der Waals surface area contributed by atoms with E-state index in [1.54, 1.807) is 36.4 Å². The summed E-state index contributed by atoms with van der Waals surface area (Å²) in [6.45, 7) is 0.704. The second kappa shape index (κ2) is 13.8. The molecule has 4 rings (SSSR count). The Bertz CT molecular complexity index is 1570. The third-order valence-corrected chi connectivity index (χ3v) is 7.17. The van der Waals surface area contributed by atoms with E-state index in [-0.39, 0.29) is 12.2 Å². The second-order valence-corrected chi connectivity index (χ2v) is 10.6. The molecule has 0 heterocycles. The van der Waals surface area contributed by atoms with Crippen molar-refractivity contribution in [2.45, 2.75) is 13.2 Å². The summed E-state index contributed by atoms with van der Waals surface area (Å²) < 4.78 is 13.4. The molecule has 39 heavy (non-hydrogen) atoms. The third-order valence-electron chi connectivity index (χ3n) is 5.57. The van der Waals surface area contributed by atoms with E-state index >= 15 is 0 Å². The fourth-order valence-electron chi connectivity index (χ4n) is 3.59. The van der Waals surface area contributed by atoms with Gasteiger partial charge in [0, 0.05) is 11.3 Å².